The molecule has 0 unspecified atom stereocenters. The fourth-order valence-corrected chi connectivity index (χ4v) is 2.79. The average Bonchev–Trinajstić information content (AvgIpc) is 2.77. The zero-order chi connectivity index (χ0) is 9.60. The highest BCUT2D eigenvalue weighted by Crippen LogP contribution is 2.58. The Kier molecular flexibility index (Phi) is 1.45. The summed E-state index contributed by atoms with van der Waals surface area (Å²) in [4.78, 5) is 14.1. The number of isocyanates is 1. The fraction of sp³-hybridized carbons (Fsp3) is 0.417. The Labute approximate surface area is 82.7 Å². The molecule has 0 aliphatic heterocycles. The van der Waals surface area contributed by atoms with E-state index < -0.39 is 0 Å². The first kappa shape index (κ1) is 7.95. The highest BCUT2D eigenvalue weighted by Gasteiger charge is 2.58. The van der Waals surface area contributed by atoms with Crippen LogP contribution in [0, 0.1) is 0 Å². The molecule has 2 aliphatic carbocycles. The van der Waals surface area contributed by atoms with Crippen molar-refractivity contribution < 1.29 is 4.79 Å². The van der Waals surface area contributed by atoms with E-state index in [0.717, 1.165) is 19.3 Å². The fourth-order valence-electron chi connectivity index (χ4n) is 2.79. The molecule has 14 heavy (non-hydrogen) atoms. The Hall–Kier alpha value is -1.40. The Bertz CT molecular complexity index is 434. The van der Waals surface area contributed by atoms with Gasteiger partial charge < -0.3 is 0 Å². The van der Waals surface area contributed by atoms with Gasteiger partial charge in [0.25, 0.3) is 0 Å². The zero-order valence-corrected chi connectivity index (χ0v) is 7.86. The van der Waals surface area contributed by atoms with Crippen molar-refractivity contribution in [3.63, 3.8) is 0 Å². The largest absolute Gasteiger partial charge is 0.235 e. The standard InChI is InChI=1S/C12H11NO/c14-8-13-11-7-12(11)6-5-9-3-1-2-4-10(9)12/h1-4,11H,5-7H2/t11-,12-/m0/s1. The Morgan fingerprint density at radius 3 is 3.14 bits per heavy atom. The van der Waals surface area contributed by atoms with Gasteiger partial charge in [0.05, 0.1) is 6.04 Å². The molecule has 2 aliphatic rings. The summed E-state index contributed by atoms with van der Waals surface area (Å²) >= 11 is 0. The molecule has 1 saturated carbocycles. The molecule has 70 valence electrons. The third-order valence-corrected chi connectivity index (χ3v) is 3.64. The Morgan fingerprint density at radius 2 is 2.29 bits per heavy atom. The molecule has 0 radical (unpaired) electrons. The maximum absolute atomic E-state index is 10.2. The molecule has 0 N–H and O–H groups in total. The van der Waals surface area contributed by atoms with Gasteiger partial charge in [-0.05, 0) is 30.4 Å². The van der Waals surface area contributed by atoms with Crippen molar-refractivity contribution in [2.45, 2.75) is 30.7 Å². The number of fused-ring (bicyclic) bond motifs is 2. The Morgan fingerprint density at radius 1 is 1.43 bits per heavy atom. The van der Waals surface area contributed by atoms with Gasteiger partial charge in [-0.1, -0.05) is 24.3 Å². The molecule has 1 aromatic carbocycles. The first-order valence-corrected chi connectivity index (χ1v) is 5.02. The summed E-state index contributed by atoms with van der Waals surface area (Å²) < 4.78 is 0. The summed E-state index contributed by atoms with van der Waals surface area (Å²) in [6.07, 6.45) is 5.02. The quantitative estimate of drug-likeness (QED) is 0.486. The smallest absolute Gasteiger partial charge is 0.211 e. The highest BCUT2D eigenvalue weighted by molar-refractivity contribution is 5.49. The van der Waals surface area contributed by atoms with Gasteiger partial charge >= 0.3 is 0 Å². The van der Waals surface area contributed by atoms with Crippen LogP contribution in [0.25, 0.3) is 0 Å². The van der Waals surface area contributed by atoms with Gasteiger partial charge in [-0.2, -0.15) is 0 Å². The van der Waals surface area contributed by atoms with Crippen LogP contribution in [0.5, 0.6) is 0 Å². The molecule has 0 aromatic heterocycles. The number of rotatable bonds is 1. The van der Waals surface area contributed by atoms with E-state index in [1.807, 2.05) is 0 Å². The lowest BCUT2D eigenvalue weighted by molar-refractivity contribution is 0.559. The molecule has 0 heterocycles. The van der Waals surface area contributed by atoms with E-state index in [0.29, 0.717) is 0 Å². The van der Waals surface area contributed by atoms with E-state index in [4.69, 9.17) is 0 Å². The van der Waals surface area contributed by atoms with Crippen LogP contribution in [0.4, 0.5) is 0 Å². The lowest BCUT2D eigenvalue weighted by atomic mass is 9.98. The van der Waals surface area contributed by atoms with Crippen molar-refractivity contribution in [2.24, 2.45) is 4.99 Å². The number of carbonyl (C=O) groups excluding carboxylic acids is 1. The summed E-state index contributed by atoms with van der Waals surface area (Å²) in [5, 5.41) is 0. The van der Waals surface area contributed by atoms with Crippen molar-refractivity contribution in [1.29, 1.82) is 0 Å². The van der Waals surface area contributed by atoms with Crippen LogP contribution in [0.1, 0.15) is 24.0 Å². The van der Waals surface area contributed by atoms with Gasteiger partial charge in [0.1, 0.15) is 0 Å². The second-order valence-electron chi connectivity index (χ2n) is 4.25. The minimum Gasteiger partial charge on any atom is -0.211 e. The van der Waals surface area contributed by atoms with Gasteiger partial charge in [0.2, 0.25) is 6.08 Å². The normalized spacial score (nSPS) is 32.4. The molecular weight excluding hydrogens is 174 g/mol. The summed E-state index contributed by atoms with van der Waals surface area (Å²) in [7, 11) is 0. The van der Waals surface area contributed by atoms with Gasteiger partial charge in [-0.15, -0.1) is 0 Å². The number of aliphatic imine (C=N–C) groups is 1. The SMILES string of the molecule is O=C=N[C@H]1C[C@]12CCc1ccccc12. The second-order valence-corrected chi connectivity index (χ2v) is 4.25. The van der Waals surface area contributed by atoms with Crippen molar-refractivity contribution in [3.8, 4) is 0 Å². The minimum atomic E-state index is 0.212. The number of benzene rings is 1. The van der Waals surface area contributed by atoms with Crippen LogP contribution in [0.3, 0.4) is 0 Å². The van der Waals surface area contributed by atoms with Crippen LogP contribution in [0.2, 0.25) is 0 Å². The molecule has 3 rings (SSSR count). The van der Waals surface area contributed by atoms with Crippen molar-refractivity contribution in [2.75, 3.05) is 0 Å². The second kappa shape index (κ2) is 2.55. The van der Waals surface area contributed by atoms with Crippen LogP contribution in [-0.2, 0) is 16.6 Å². The molecule has 0 saturated heterocycles. The first-order chi connectivity index (χ1) is 6.87. The van der Waals surface area contributed by atoms with Crippen molar-refractivity contribution >= 4 is 6.08 Å². The summed E-state index contributed by atoms with van der Waals surface area (Å²) in [5.74, 6) is 0. The van der Waals surface area contributed by atoms with Crippen LogP contribution in [0.15, 0.2) is 29.3 Å². The first-order valence-electron chi connectivity index (χ1n) is 5.02. The van der Waals surface area contributed by atoms with Gasteiger partial charge in [0, 0.05) is 5.41 Å². The van der Waals surface area contributed by atoms with Gasteiger partial charge in [-0.3, -0.25) is 0 Å². The summed E-state index contributed by atoms with van der Waals surface area (Å²) in [6, 6.07) is 8.74. The number of aryl methyl sites for hydroxylation is 1. The number of nitrogens with zero attached hydrogens (tertiary/aromatic N) is 1. The summed E-state index contributed by atoms with van der Waals surface area (Å²) in [5.41, 5.74) is 3.08. The maximum Gasteiger partial charge on any atom is 0.235 e. The minimum absolute atomic E-state index is 0.212. The highest BCUT2D eigenvalue weighted by atomic mass is 16.1. The van der Waals surface area contributed by atoms with E-state index in [1.54, 1.807) is 6.08 Å². The van der Waals surface area contributed by atoms with Crippen LogP contribution >= 0.6 is 0 Å². The predicted octanol–water partition coefficient (Wildman–Crippen LogP) is 1.98. The van der Waals surface area contributed by atoms with E-state index >= 15 is 0 Å². The summed E-state index contributed by atoms with van der Waals surface area (Å²) in [6.45, 7) is 0. The van der Waals surface area contributed by atoms with E-state index in [9.17, 15) is 4.79 Å². The van der Waals surface area contributed by atoms with Gasteiger partial charge in [-0.25, -0.2) is 9.79 Å². The molecule has 2 atom stereocenters. The zero-order valence-electron chi connectivity index (χ0n) is 7.86. The number of hydrogen-bond donors (Lipinski definition) is 0. The monoisotopic (exact) mass is 185 g/mol. The van der Waals surface area contributed by atoms with E-state index in [2.05, 4.69) is 29.3 Å². The van der Waals surface area contributed by atoms with Crippen LogP contribution in [-0.4, -0.2) is 12.1 Å². The van der Waals surface area contributed by atoms with Crippen molar-refractivity contribution in [3.05, 3.63) is 35.4 Å². The molecule has 0 bridgehead atoms. The van der Waals surface area contributed by atoms with E-state index in [1.165, 1.54) is 11.1 Å². The molecule has 2 nitrogen and oxygen atoms in total. The van der Waals surface area contributed by atoms with Crippen LogP contribution < -0.4 is 0 Å². The molecule has 2 heteroatoms. The average molecular weight is 185 g/mol. The van der Waals surface area contributed by atoms with E-state index in [-0.39, 0.29) is 11.5 Å². The lowest BCUT2D eigenvalue weighted by Gasteiger charge is -2.07. The maximum atomic E-state index is 10.2. The molecule has 1 spiro atoms. The Balaban J connectivity index is 2.04. The van der Waals surface area contributed by atoms with Gasteiger partial charge in [0.15, 0.2) is 0 Å². The molecular formula is C12H11NO. The molecule has 0 amide bonds. The topological polar surface area (TPSA) is 29.4 Å². The third kappa shape index (κ3) is 0.865. The number of hydrogen-bond acceptors (Lipinski definition) is 2. The molecule has 1 aromatic rings. The third-order valence-electron chi connectivity index (χ3n) is 3.64. The molecule has 1 fully saturated rings. The predicted molar refractivity (Wildman–Crippen MR) is 53.0 cm³/mol. The van der Waals surface area contributed by atoms with Crippen molar-refractivity contribution in [1.82, 2.24) is 0 Å². The lowest BCUT2D eigenvalue weighted by Crippen LogP contribution is -2.06.